The van der Waals surface area contributed by atoms with Crippen LogP contribution in [0.4, 0.5) is 5.82 Å². The minimum atomic E-state index is -0.0540. The zero-order valence-corrected chi connectivity index (χ0v) is 21.8. The number of carbonyl (C=O) groups excluding carboxylic acids is 1. The maximum atomic E-state index is 12.5. The molecule has 180 valence electrons. The average molecular weight is 567 g/mol. The Labute approximate surface area is 212 Å². The van der Waals surface area contributed by atoms with E-state index in [0.717, 1.165) is 57.6 Å². The quantitative estimate of drug-likeness (QED) is 0.336. The molecule has 10 heteroatoms. The van der Waals surface area contributed by atoms with Gasteiger partial charge in [-0.3, -0.25) is 9.79 Å². The predicted molar refractivity (Wildman–Crippen MR) is 140 cm³/mol. The molecule has 0 saturated carbocycles. The van der Waals surface area contributed by atoms with Gasteiger partial charge >= 0.3 is 0 Å². The van der Waals surface area contributed by atoms with E-state index in [0.29, 0.717) is 25.4 Å². The Kier molecular flexibility index (Phi) is 9.36. The molecule has 4 rings (SSSR count). The molecule has 0 unspecified atom stereocenters. The largest absolute Gasteiger partial charge is 0.459 e. The summed E-state index contributed by atoms with van der Waals surface area (Å²) in [4.78, 5) is 30.4. The lowest BCUT2D eigenvalue weighted by Gasteiger charge is -2.36. The first kappa shape index (κ1) is 25.3. The minimum absolute atomic E-state index is 0. The van der Waals surface area contributed by atoms with Crippen LogP contribution in [0.1, 0.15) is 23.0 Å². The van der Waals surface area contributed by atoms with Gasteiger partial charge in [-0.15, -0.1) is 24.0 Å². The minimum Gasteiger partial charge on any atom is -0.459 e. The molecule has 0 spiro atoms. The number of furan rings is 1. The van der Waals surface area contributed by atoms with Gasteiger partial charge in [0, 0.05) is 72.1 Å². The van der Waals surface area contributed by atoms with Crippen LogP contribution < -0.4 is 10.2 Å². The summed E-state index contributed by atoms with van der Waals surface area (Å²) in [6, 6.07) is 7.67. The molecular weight excluding hydrogens is 533 g/mol. The highest BCUT2D eigenvalue weighted by Gasteiger charge is 2.25. The number of anilines is 1. The first-order valence-electron chi connectivity index (χ1n) is 11.4. The number of nitrogens with one attached hydrogen (secondary N) is 1. The van der Waals surface area contributed by atoms with Crippen LogP contribution in [0, 0.1) is 0 Å². The maximum absolute atomic E-state index is 12.5. The number of hydrogen-bond acceptors (Lipinski definition) is 6. The Morgan fingerprint density at radius 3 is 2.45 bits per heavy atom. The number of halogens is 1. The molecular formula is C23H34IN7O2. The molecule has 0 aliphatic carbocycles. The summed E-state index contributed by atoms with van der Waals surface area (Å²) in [6.45, 7) is 10.9. The Bertz CT molecular complexity index is 905. The molecule has 2 saturated heterocycles. The lowest BCUT2D eigenvalue weighted by atomic mass is 10.2. The Morgan fingerprint density at radius 1 is 1.09 bits per heavy atom. The third-order valence-corrected chi connectivity index (χ3v) is 6.21. The number of nitrogens with zero attached hydrogens (tertiary/aromatic N) is 6. The van der Waals surface area contributed by atoms with Crippen LogP contribution in [0.25, 0.3) is 0 Å². The highest BCUT2D eigenvalue weighted by molar-refractivity contribution is 14.0. The van der Waals surface area contributed by atoms with E-state index in [2.05, 4.69) is 43.0 Å². The van der Waals surface area contributed by atoms with Crippen molar-refractivity contribution in [1.82, 2.24) is 25.0 Å². The zero-order valence-electron chi connectivity index (χ0n) is 19.4. The van der Waals surface area contributed by atoms with Crippen LogP contribution in [0.3, 0.4) is 0 Å². The van der Waals surface area contributed by atoms with Gasteiger partial charge in [0.2, 0.25) is 0 Å². The molecule has 0 aromatic carbocycles. The van der Waals surface area contributed by atoms with Crippen LogP contribution in [0.2, 0.25) is 0 Å². The van der Waals surface area contributed by atoms with E-state index in [-0.39, 0.29) is 29.9 Å². The van der Waals surface area contributed by atoms with E-state index in [9.17, 15) is 4.79 Å². The molecule has 1 amide bonds. The Hall–Kier alpha value is -2.34. The number of likely N-dealkylation sites (N-methyl/N-ethyl adjacent to an activating group) is 1. The fourth-order valence-electron chi connectivity index (χ4n) is 4.23. The monoisotopic (exact) mass is 567 g/mol. The summed E-state index contributed by atoms with van der Waals surface area (Å²) in [6.07, 6.45) is 3.42. The fraction of sp³-hybridized carbons (Fsp3) is 0.522. The van der Waals surface area contributed by atoms with Crippen molar-refractivity contribution in [2.75, 3.05) is 70.9 Å². The summed E-state index contributed by atoms with van der Waals surface area (Å²) in [5, 5.41) is 3.47. The van der Waals surface area contributed by atoms with E-state index >= 15 is 0 Å². The molecule has 2 aromatic heterocycles. The number of piperazine rings is 2. The third-order valence-electron chi connectivity index (χ3n) is 6.21. The lowest BCUT2D eigenvalue weighted by molar-refractivity contribution is 0.0657. The summed E-state index contributed by atoms with van der Waals surface area (Å²) in [5.74, 6) is 2.23. The Morgan fingerprint density at radius 2 is 1.82 bits per heavy atom. The molecule has 2 aliphatic rings. The van der Waals surface area contributed by atoms with Crippen molar-refractivity contribution >= 4 is 41.7 Å². The number of aromatic nitrogens is 1. The number of pyridine rings is 1. The first-order valence-corrected chi connectivity index (χ1v) is 11.4. The van der Waals surface area contributed by atoms with Gasteiger partial charge in [-0.1, -0.05) is 6.92 Å². The average Bonchev–Trinajstić information content (AvgIpc) is 3.40. The van der Waals surface area contributed by atoms with E-state index in [4.69, 9.17) is 4.42 Å². The van der Waals surface area contributed by atoms with Crippen LogP contribution in [-0.2, 0) is 6.54 Å². The number of carbonyl (C=O) groups is 1. The van der Waals surface area contributed by atoms with Crippen molar-refractivity contribution in [1.29, 1.82) is 0 Å². The smallest absolute Gasteiger partial charge is 0.289 e. The van der Waals surface area contributed by atoms with Gasteiger partial charge in [-0.25, -0.2) is 4.98 Å². The molecule has 33 heavy (non-hydrogen) atoms. The van der Waals surface area contributed by atoms with Crippen LogP contribution in [0.15, 0.2) is 46.1 Å². The van der Waals surface area contributed by atoms with Crippen molar-refractivity contribution in [3.05, 3.63) is 48.0 Å². The molecule has 2 aromatic rings. The molecule has 0 atom stereocenters. The predicted octanol–water partition coefficient (Wildman–Crippen LogP) is 1.97. The van der Waals surface area contributed by atoms with Crippen LogP contribution in [0.5, 0.6) is 0 Å². The van der Waals surface area contributed by atoms with Gasteiger partial charge in [-0.05, 0) is 36.4 Å². The van der Waals surface area contributed by atoms with Gasteiger partial charge in [0.15, 0.2) is 11.7 Å². The second-order valence-corrected chi connectivity index (χ2v) is 8.10. The van der Waals surface area contributed by atoms with Gasteiger partial charge in [-0.2, -0.15) is 0 Å². The van der Waals surface area contributed by atoms with Gasteiger partial charge < -0.3 is 29.3 Å². The number of aliphatic imine (C=N–C) groups is 1. The summed E-state index contributed by atoms with van der Waals surface area (Å²) in [5.41, 5.74) is 1.18. The zero-order chi connectivity index (χ0) is 22.3. The van der Waals surface area contributed by atoms with Crippen LogP contribution in [-0.4, -0.2) is 97.5 Å². The standard InChI is InChI=1S/C23H33N7O2.HI/c1-3-27-8-10-28(11-9-27)21-17-19(6-7-25-21)18-26-23(24-2)30-14-12-29(13-15-30)22(31)20-5-4-16-32-20;/h4-7,16-17H,3,8-15,18H2,1-2H3,(H,24,26);1H. The molecule has 2 aliphatic heterocycles. The van der Waals surface area contributed by atoms with Crippen molar-refractivity contribution < 1.29 is 9.21 Å². The second-order valence-electron chi connectivity index (χ2n) is 8.10. The van der Waals surface area contributed by atoms with Gasteiger partial charge in [0.25, 0.3) is 5.91 Å². The normalized spacial score (nSPS) is 17.6. The summed E-state index contributed by atoms with van der Waals surface area (Å²) in [7, 11) is 1.80. The van der Waals surface area contributed by atoms with Crippen molar-refractivity contribution in [2.45, 2.75) is 13.5 Å². The van der Waals surface area contributed by atoms with Crippen molar-refractivity contribution in [3.63, 3.8) is 0 Å². The third kappa shape index (κ3) is 6.38. The first-order chi connectivity index (χ1) is 15.7. The number of amides is 1. The highest BCUT2D eigenvalue weighted by Crippen LogP contribution is 2.15. The summed E-state index contributed by atoms with van der Waals surface area (Å²) >= 11 is 0. The van der Waals surface area contributed by atoms with Crippen LogP contribution >= 0.6 is 24.0 Å². The fourth-order valence-corrected chi connectivity index (χ4v) is 4.23. The molecule has 1 N–H and O–H groups in total. The molecule has 2 fully saturated rings. The van der Waals surface area contributed by atoms with Crippen molar-refractivity contribution in [2.24, 2.45) is 4.99 Å². The van der Waals surface area contributed by atoms with E-state index in [1.54, 1.807) is 19.2 Å². The molecule has 9 nitrogen and oxygen atoms in total. The number of hydrogen-bond donors (Lipinski definition) is 1. The van der Waals surface area contributed by atoms with E-state index in [1.807, 2.05) is 17.2 Å². The SMILES string of the molecule is CCN1CCN(c2cc(CNC(=NC)N3CCN(C(=O)c4ccco4)CC3)ccn2)CC1.I. The number of rotatable bonds is 5. The number of guanidine groups is 1. The maximum Gasteiger partial charge on any atom is 0.289 e. The molecule has 4 heterocycles. The van der Waals surface area contributed by atoms with E-state index in [1.165, 1.54) is 11.8 Å². The molecule has 0 radical (unpaired) electrons. The Balaban J connectivity index is 0.00000306. The van der Waals surface area contributed by atoms with Crippen molar-refractivity contribution in [3.8, 4) is 0 Å². The van der Waals surface area contributed by atoms with Gasteiger partial charge in [0.1, 0.15) is 5.82 Å². The topological polar surface area (TPSA) is 80.5 Å². The second kappa shape index (κ2) is 12.2. The van der Waals surface area contributed by atoms with Gasteiger partial charge in [0.05, 0.1) is 6.26 Å². The molecule has 0 bridgehead atoms. The summed E-state index contributed by atoms with van der Waals surface area (Å²) < 4.78 is 5.24. The lowest BCUT2D eigenvalue weighted by Crippen LogP contribution is -2.53. The highest BCUT2D eigenvalue weighted by atomic mass is 127. The van der Waals surface area contributed by atoms with E-state index < -0.39 is 0 Å².